The second kappa shape index (κ2) is 8.51. The Bertz CT molecular complexity index is 1440. The monoisotopic (exact) mass is 436 g/mol. The maximum atomic E-state index is 13.9. The second-order valence-corrected chi connectivity index (χ2v) is 8.35. The minimum atomic E-state index is -0.242. The molecule has 4 nitrogen and oxygen atoms in total. The largest absolute Gasteiger partial charge is 0.393 e. The molecule has 0 saturated heterocycles. The van der Waals surface area contributed by atoms with Crippen LogP contribution in [0.3, 0.4) is 0 Å². The fourth-order valence-electron chi connectivity index (χ4n) is 4.62. The summed E-state index contributed by atoms with van der Waals surface area (Å²) in [6, 6.07) is 19.0. The average Bonchev–Trinajstić information content (AvgIpc) is 3.26. The van der Waals surface area contributed by atoms with Gasteiger partial charge >= 0.3 is 0 Å². The molecule has 0 saturated carbocycles. The molecular formula is C28H25FN4. The van der Waals surface area contributed by atoms with E-state index in [0.717, 1.165) is 63.1 Å². The van der Waals surface area contributed by atoms with Gasteiger partial charge in [0.05, 0.1) is 11.4 Å². The lowest BCUT2D eigenvalue weighted by molar-refractivity contribution is 0.628. The number of H-pyrrole nitrogens is 1. The highest BCUT2D eigenvalue weighted by atomic mass is 19.1. The molecule has 33 heavy (non-hydrogen) atoms. The summed E-state index contributed by atoms with van der Waals surface area (Å²) >= 11 is 0. The molecule has 3 N–H and O–H groups in total. The number of nitrogens with zero attached hydrogens (tertiary/aromatic N) is 1. The van der Waals surface area contributed by atoms with Crippen molar-refractivity contribution in [2.75, 3.05) is 7.05 Å². The molecule has 0 bridgehead atoms. The zero-order valence-electron chi connectivity index (χ0n) is 18.7. The van der Waals surface area contributed by atoms with E-state index >= 15 is 0 Å². The number of pyridine rings is 1. The van der Waals surface area contributed by atoms with Crippen LogP contribution in [0.5, 0.6) is 0 Å². The smallest absolute Gasteiger partial charge is 0.123 e. The number of hydrogen-bond acceptors (Lipinski definition) is 3. The minimum absolute atomic E-state index is 0.242. The Morgan fingerprint density at radius 1 is 1.09 bits per heavy atom. The normalized spacial score (nSPS) is 13.8. The van der Waals surface area contributed by atoms with E-state index in [1.165, 1.54) is 23.4 Å². The fourth-order valence-corrected chi connectivity index (χ4v) is 4.62. The minimum Gasteiger partial charge on any atom is -0.393 e. The number of hydrogen-bond donors (Lipinski definition) is 3. The molecule has 0 atom stereocenters. The molecule has 0 fully saturated rings. The molecule has 4 aromatic rings. The number of nitrogens with one attached hydrogen (secondary N) is 3. The van der Waals surface area contributed by atoms with Crippen LogP contribution in [0, 0.1) is 11.2 Å². The van der Waals surface area contributed by atoms with Crippen molar-refractivity contribution in [3.05, 3.63) is 101 Å². The van der Waals surface area contributed by atoms with Gasteiger partial charge in [-0.2, -0.15) is 0 Å². The summed E-state index contributed by atoms with van der Waals surface area (Å²) in [7, 11) is 1.82. The number of rotatable bonds is 5. The Kier molecular flexibility index (Phi) is 5.38. The van der Waals surface area contributed by atoms with Crippen LogP contribution in [-0.2, 0) is 6.42 Å². The summed E-state index contributed by atoms with van der Waals surface area (Å²) < 4.78 is 13.9. The van der Waals surface area contributed by atoms with Crippen LogP contribution in [0.15, 0.2) is 72.4 Å². The van der Waals surface area contributed by atoms with Crippen LogP contribution in [0.4, 0.5) is 4.39 Å². The van der Waals surface area contributed by atoms with Crippen molar-refractivity contribution in [1.82, 2.24) is 15.3 Å². The number of allylic oxidation sites excluding steroid dienone is 2. The lowest BCUT2D eigenvalue weighted by atomic mass is 9.87. The van der Waals surface area contributed by atoms with E-state index < -0.39 is 0 Å². The number of aromatic nitrogens is 2. The van der Waals surface area contributed by atoms with Gasteiger partial charge in [-0.3, -0.25) is 0 Å². The highest BCUT2D eigenvalue weighted by molar-refractivity contribution is 6.07. The lowest BCUT2D eigenvalue weighted by Crippen LogP contribution is -2.09. The summed E-state index contributed by atoms with van der Waals surface area (Å²) in [4.78, 5) is 8.57. The van der Waals surface area contributed by atoms with Gasteiger partial charge in [-0.15, -0.1) is 0 Å². The Balaban J connectivity index is 1.67. The lowest BCUT2D eigenvalue weighted by Gasteiger charge is -2.21. The summed E-state index contributed by atoms with van der Waals surface area (Å²) in [5, 5.41) is 11.8. The molecule has 0 amide bonds. The first-order valence-corrected chi connectivity index (χ1v) is 11.1. The van der Waals surface area contributed by atoms with Crippen LogP contribution in [0.1, 0.15) is 36.0 Å². The van der Waals surface area contributed by atoms with Gasteiger partial charge in [0.2, 0.25) is 0 Å². The SMILES string of the molecule is CN/C=C(\C=N)c1ccc2c(n1)C(c1cc3c(-c4cccc(F)c4)cccc3[nH]1)=C(C)CC2. The van der Waals surface area contributed by atoms with E-state index in [-0.39, 0.29) is 5.82 Å². The van der Waals surface area contributed by atoms with Crippen molar-refractivity contribution in [1.29, 1.82) is 5.41 Å². The average molecular weight is 437 g/mol. The molecule has 2 heterocycles. The third kappa shape index (κ3) is 3.76. The Labute approximate surface area is 192 Å². The highest BCUT2D eigenvalue weighted by Crippen LogP contribution is 2.38. The summed E-state index contributed by atoms with van der Waals surface area (Å²) in [5.74, 6) is -0.242. The molecule has 0 spiro atoms. The van der Waals surface area contributed by atoms with Crippen molar-refractivity contribution in [2.45, 2.75) is 19.8 Å². The number of benzene rings is 2. The number of aryl methyl sites for hydroxylation is 1. The second-order valence-electron chi connectivity index (χ2n) is 8.35. The Morgan fingerprint density at radius 2 is 1.94 bits per heavy atom. The molecule has 5 rings (SSSR count). The molecule has 1 aliphatic rings. The van der Waals surface area contributed by atoms with Crippen LogP contribution in [0.25, 0.3) is 33.2 Å². The number of aromatic amines is 1. The van der Waals surface area contributed by atoms with Gasteiger partial charge < -0.3 is 15.7 Å². The first-order valence-electron chi connectivity index (χ1n) is 11.1. The van der Waals surface area contributed by atoms with E-state index in [1.807, 2.05) is 37.4 Å². The van der Waals surface area contributed by atoms with Crippen LogP contribution in [0.2, 0.25) is 0 Å². The van der Waals surface area contributed by atoms with Crippen LogP contribution >= 0.6 is 0 Å². The highest BCUT2D eigenvalue weighted by Gasteiger charge is 2.22. The van der Waals surface area contributed by atoms with Crippen LogP contribution < -0.4 is 5.32 Å². The van der Waals surface area contributed by atoms with Crippen molar-refractivity contribution in [3.63, 3.8) is 0 Å². The van der Waals surface area contributed by atoms with E-state index in [0.29, 0.717) is 0 Å². The van der Waals surface area contributed by atoms with Crippen molar-refractivity contribution in [2.24, 2.45) is 0 Å². The fraction of sp³-hybridized carbons (Fsp3) is 0.143. The zero-order chi connectivity index (χ0) is 22.9. The summed E-state index contributed by atoms with van der Waals surface area (Å²) in [6.07, 6.45) is 5.02. The third-order valence-electron chi connectivity index (χ3n) is 6.23. The number of halogens is 1. The number of fused-ring (bicyclic) bond motifs is 2. The Hall–Kier alpha value is -3.99. The van der Waals surface area contributed by atoms with E-state index in [2.05, 4.69) is 29.4 Å². The standard InChI is InChI=1S/C28H25FN4/c1-17-9-10-18-11-12-24(20(15-30)16-31-2)33-28(18)27(17)26-14-23-22(7-4-8-25(23)32-26)19-5-3-6-21(29)13-19/h3-8,11-16,30-32H,9-10H2,1-2H3/b20-16+,30-15?. The van der Waals surface area contributed by atoms with Gasteiger partial charge in [0.25, 0.3) is 0 Å². The predicted octanol–water partition coefficient (Wildman–Crippen LogP) is 6.35. The first kappa shape index (κ1) is 20.9. The topological polar surface area (TPSA) is 64.6 Å². The third-order valence-corrected chi connectivity index (χ3v) is 6.23. The molecule has 0 unspecified atom stereocenters. The van der Waals surface area contributed by atoms with Crippen molar-refractivity contribution >= 4 is 28.3 Å². The van der Waals surface area contributed by atoms with Gasteiger partial charge in [-0.25, -0.2) is 9.37 Å². The van der Waals surface area contributed by atoms with Crippen LogP contribution in [-0.4, -0.2) is 23.2 Å². The molecule has 2 aromatic carbocycles. The van der Waals surface area contributed by atoms with E-state index in [9.17, 15) is 4.39 Å². The molecule has 1 aliphatic carbocycles. The van der Waals surface area contributed by atoms with Gasteiger partial charge in [0.15, 0.2) is 0 Å². The first-order chi connectivity index (χ1) is 16.1. The van der Waals surface area contributed by atoms with E-state index in [4.69, 9.17) is 10.4 Å². The maximum Gasteiger partial charge on any atom is 0.123 e. The molecule has 0 aliphatic heterocycles. The molecule has 5 heteroatoms. The Morgan fingerprint density at radius 3 is 2.73 bits per heavy atom. The van der Waals surface area contributed by atoms with Crippen molar-refractivity contribution in [3.8, 4) is 11.1 Å². The predicted molar refractivity (Wildman–Crippen MR) is 134 cm³/mol. The van der Waals surface area contributed by atoms with Crippen molar-refractivity contribution < 1.29 is 4.39 Å². The maximum absolute atomic E-state index is 13.9. The quantitative estimate of drug-likeness (QED) is 0.319. The van der Waals surface area contributed by atoms with Gasteiger partial charge in [0.1, 0.15) is 5.82 Å². The molecule has 164 valence electrons. The molecule has 0 radical (unpaired) electrons. The van der Waals surface area contributed by atoms with Gasteiger partial charge in [-0.1, -0.05) is 35.9 Å². The van der Waals surface area contributed by atoms with Gasteiger partial charge in [0, 0.05) is 47.2 Å². The van der Waals surface area contributed by atoms with Gasteiger partial charge in [-0.05, 0) is 66.8 Å². The molecule has 2 aromatic heterocycles. The summed E-state index contributed by atoms with van der Waals surface area (Å²) in [5.41, 5.74) is 9.90. The molecular weight excluding hydrogens is 411 g/mol. The van der Waals surface area contributed by atoms with E-state index in [1.54, 1.807) is 18.3 Å². The zero-order valence-corrected chi connectivity index (χ0v) is 18.7. The summed E-state index contributed by atoms with van der Waals surface area (Å²) in [6.45, 7) is 2.16.